The Hall–Kier alpha value is -5.53. The second kappa shape index (κ2) is 14.1. The fourth-order valence-corrected chi connectivity index (χ4v) is 5.50. The number of tetrazole rings is 1. The molecule has 0 saturated carbocycles. The third-order valence-electron chi connectivity index (χ3n) is 7.89. The minimum Gasteiger partial charge on any atom is -0.381 e. The molecule has 234 valence electrons. The SMILES string of the molecule is O=C(N[C@@H](Cc1ccccc1)[C@H](O)C(=O)Nc1cccc(-c2nn[nH]n2)c1)c1cccc(C(=O)N2COC[C@@H]2C2C=CC=CC2)n1. The van der Waals surface area contributed by atoms with E-state index in [-0.39, 0.29) is 42.4 Å². The highest BCUT2D eigenvalue weighted by Gasteiger charge is 2.36. The van der Waals surface area contributed by atoms with E-state index in [4.69, 9.17) is 4.74 Å². The van der Waals surface area contributed by atoms with Crippen molar-refractivity contribution in [3.63, 3.8) is 0 Å². The summed E-state index contributed by atoms with van der Waals surface area (Å²) in [4.78, 5) is 46.3. The smallest absolute Gasteiger partial charge is 0.274 e. The lowest BCUT2D eigenvalue weighted by Crippen LogP contribution is -2.50. The number of pyridine rings is 1. The molecule has 4 atom stereocenters. The molecule has 2 aliphatic rings. The highest BCUT2D eigenvalue weighted by molar-refractivity contribution is 5.98. The first-order chi connectivity index (χ1) is 22.5. The van der Waals surface area contributed by atoms with Crippen LogP contribution >= 0.6 is 0 Å². The van der Waals surface area contributed by atoms with Crippen LogP contribution in [0.5, 0.6) is 0 Å². The lowest BCUT2D eigenvalue weighted by molar-refractivity contribution is -0.125. The molecule has 4 aromatic rings. The molecular formula is C33H32N8O5. The highest BCUT2D eigenvalue weighted by atomic mass is 16.5. The van der Waals surface area contributed by atoms with Crippen LogP contribution in [0.4, 0.5) is 5.69 Å². The number of aromatic amines is 1. The number of nitrogens with zero attached hydrogens (tertiary/aromatic N) is 5. The highest BCUT2D eigenvalue weighted by Crippen LogP contribution is 2.26. The molecule has 2 aromatic carbocycles. The zero-order valence-corrected chi connectivity index (χ0v) is 24.7. The van der Waals surface area contributed by atoms with Crippen LogP contribution in [0, 0.1) is 5.92 Å². The normalized spacial score (nSPS) is 18.6. The Morgan fingerprint density at radius 1 is 1.02 bits per heavy atom. The van der Waals surface area contributed by atoms with Crippen molar-refractivity contribution < 1.29 is 24.2 Å². The number of carbonyl (C=O) groups excluding carboxylic acids is 3. The van der Waals surface area contributed by atoms with Gasteiger partial charge in [0.15, 0.2) is 6.10 Å². The number of aliphatic hydroxyl groups is 1. The van der Waals surface area contributed by atoms with Gasteiger partial charge in [0.25, 0.3) is 17.7 Å². The fraction of sp³-hybridized carbons (Fsp3) is 0.242. The van der Waals surface area contributed by atoms with Gasteiger partial charge < -0.3 is 25.4 Å². The number of nitrogens with one attached hydrogen (secondary N) is 3. The van der Waals surface area contributed by atoms with Crippen LogP contribution in [0.2, 0.25) is 0 Å². The van der Waals surface area contributed by atoms with Gasteiger partial charge in [0.2, 0.25) is 5.82 Å². The molecule has 2 aromatic heterocycles. The van der Waals surface area contributed by atoms with E-state index < -0.39 is 24.0 Å². The molecule has 3 amide bonds. The van der Waals surface area contributed by atoms with E-state index in [0.29, 0.717) is 23.7 Å². The maximum absolute atomic E-state index is 13.5. The van der Waals surface area contributed by atoms with Crippen molar-refractivity contribution in [1.29, 1.82) is 0 Å². The van der Waals surface area contributed by atoms with E-state index >= 15 is 0 Å². The van der Waals surface area contributed by atoms with Gasteiger partial charge in [-0.2, -0.15) is 5.21 Å². The summed E-state index contributed by atoms with van der Waals surface area (Å²) in [7, 11) is 0. The van der Waals surface area contributed by atoms with Crippen LogP contribution < -0.4 is 10.6 Å². The van der Waals surface area contributed by atoms with Crippen molar-refractivity contribution in [2.24, 2.45) is 5.92 Å². The molecule has 3 heterocycles. The Morgan fingerprint density at radius 2 is 1.85 bits per heavy atom. The minimum atomic E-state index is -1.64. The van der Waals surface area contributed by atoms with E-state index in [1.165, 1.54) is 6.07 Å². The molecule has 0 radical (unpaired) electrons. The third kappa shape index (κ3) is 7.06. The van der Waals surface area contributed by atoms with Crippen LogP contribution in [0.25, 0.3) is 11.4 Å². The number of hydrogen-bond acceptors (Lipinski definition) is 9. The first kappa shape index (κ1) is 30.5. The van der Waals surface area contributed by atoms with E-state index in [1.54, 1.807) is 41.3 Å². The van der Waals surface area contributed by atoms with Gasteiger partial charge in [-0.05, 0) is 47.9 Å². The topological polar surface area (TPSA) is 175 Å². The molecule has 4 N–H and O–H groups in total. The summed E-state index contributed by atoms with van der Waals surface area (Å²) in [6.07, 6.45) is 7.38. The number of carbonyl (C=O) groups is 3. The molecule has 6 rings (SSSR count). The zero-order valence-electron chi connectivity index (χ0n) is 24.7. The minimum absolute atomic E-state index is 0.0264. The van der Waals surface area contributed by atoms with E-state index in [2.05, 4.69) is 48.4 Å². The quantitative estimate of drug-likeness (QED) is 0.208. The maximum atomic E-state index is 13.5. The lowest BCUT2D eigenvalue weighted by atomic mass is 9.92. The first-order valence-electron chi connectivity index (χ1n) is 14.8. The molecule has 13 nitrogen and oxygen atoms in total. The van der Waals surface area contributed by atoms with Crippen LogP contribution in [-0.2, 0) is 16.0 Å². The number of amides is 3. The van der Waals surface area contributed by atoms with Crippen molar-refractivity contribution in [2.75, 3.05) is 18.7 Å². The van der Waals surface area contributed by atoms with Gasteiger partial charge in [-0.15, -0.1) is 10.2 Å². The zero-order chi connectivity index (χ0) is 31.9. The fourth-order valence-electron chi connectivity index (χ4n) is 5.50. The lowest BCUT2D eigenvalue weighted by Gasteiger charge is -2.28. The van der Waals surface area contributed by atoms with Crippen molar-refractivity contribution in [1.82, 2.24) is 35.8 Å². The summed E-state index contributed by atoms with van der Waals surface area (Å²) in [5, 5.41) is 30.5. The van der Waals surface area contributed by atoms with E-state index in [9.17, 15) is 19.5 Å². The summed E-state index contributed by atoms with van der Waals surface area (Å²) in [5.41, 5.74) is 1.86. The van der Waals surface area contributed by atoms with Crippen LogP contribution in [0.3, 0.4) is 0 Å². The van der Waals surface area contributed by atoms with Crippen molar-refractivity contribution >= 4 is 23.4 Å². The number of allylic oxidation sites excluding steroid dienone is 3. The number of rotatable bonds is 10. The first-order valence-corrected chi connectivity index (χ1v) is 14.8. The Kier molecular flexibility index (Phi) is 9.32. The Morgan fingerprint density at radius 3 is 2.63 bits per heavy atom. The average Bonchev–Trinajstić information content (AvgIpc) is 3.82. The number of H-pyrrole nitrogens is 1. The van der Waals surface area contributed by atoms with Gasteiger partial charge in [0.05, 0.1) is 18.7 Å². The van der Waals surface area contributed by atoms with Gasteiger partial charge in [0.1, 0.15) is 18.1 Å². The second-order valence-electron chi connectivity index (χ2n) is 11.0. The molecule has 0 spiro atoms. The molecule has 46 heavy (non-hydrogen) atoms. The summed E-state index contributed by atoms with van der Waals surface area (Å²) in [5.74, 6) is -1.25. The standard InChI is InChI=1S/C33H32N8O5/c42-29(32(44)34-24-14-7-13-23(18-24)30-37-39-40-38-30)27(17-21-9-3-1-4-10-21)36-31(43)25-15-8-16-26(35-25)33(45)41-20-46-19-28(41)22-11-5-2-6-12-22/h1-11,13-16,18,22,27-29,42H,12,17,19-20H2,(H,34,44)(H,36,43)(H,37,38,39,40)/t22?,27-,28+,29-/m0/s1. The molecule has 1 fully saturated rings. The predicted molar refractivity (Wildman–Crippen MR) is 167 cm³/mol. The van der Waals surface area contributed by atoms with Gasteiger partial charge in [0, 0.05) is 17.2 Å². The number of anilines is 1. The molecule has 13 heteroatoms. The molecule has 0 bridgehead atoms. The van der Waals surface area contributed by atoms with Gasteiger partial charge in [-0.25, -0.2) is 4.98 Å². The number of ether oxygens (including phenoxy) is 1. The van der Waals surface area contributed by atoms with E-state index in [1.807, 2.05) is 42.5 Å². The number of benzene rings is 2. The average molecular weight is 621 g/mol. The molecule has 1 unspecified atom stereocenters. The summed E-state index contributed by atoms with van der Waals surface area (Å²) in [6.45, 7) is 0.547. The summed E-state index contributed by atoms with van der Waals surface area (Å²) in [6, 6.07) is 19.4. The monoisotopic (exact) mass is 620 g/mol. The maximum Gasteiger partial charge on any atom is 0.274 e. The van der Waals surface area contributed by atoms with Crippen LogP contribution in [0.1, 0.15) is 33.0 Å². The van der Waals surface area contributed by atoms with Gasteiger partial charge in [-0.3, -0.25) is 14.4 Å². The van der Waals surface area contributed by atoms with Crippen LogP contribution in [-0.4, -0.2) is 84.9 Å². The molecule has 1 saturated heterocycles. The summed E-state index contributed by atoms with van der Waals surface area (Å²) >= 11 is 0. The van der Waals surface area contributed by atoms with Crippen molar-refractivity contribution in [3.8, 4) is 11.4 Å². The number of aromatic nitrogens is 5. The van der Waals surface area contributed by atoms with E-state index in [0.717, 1.165) is 12.0 Å². The Labute approximate surface area is 264 Å². The Balaban J connectivity index is 1.17. The van der Waals surface area contributed by atoms with Gasteiger partial charge in [-0.1, -0.05) is 72.8 Å². The van der Waals surface area contributed by atoms with Crippen LogP contribution in [0.15, 0.2) is 97.1 Å². The third-order valence-corrected chi connectivity index (χ3v) is 7.89. The summed E-state index contributed by atoms with van der Waals surface area (Å²) < 4.78 is 5.63. The van der Waals surface area contributed by atoms with Gasteiger partial charge >= 0.3 is 0 Å². The molecular weight excluding hydrogens is 588 g/mol. The van der Waals surface area contributed by atoms with Crippen molar-refractivity contribution in [3.05, 3.63) is 114 Å². The number of aliphatic hydroxyl groups excluding tert-OH is 1. The predicted octanol–water partition coefficient (Wildman–Crippen LogP) is 2.53. The second-order valence-corrected chi connectivity index (χ2v) is 11.0. The Bertz CT molecular complexity index is 1740. The van der Waals surface area contributed by atoms with Crippen molar-refractivity contribution in [2.45, 2.75) is 31.0 Å². The largest absolute Gasteiger partial charge is 0.381 e. The number of hydrogen-bond donors (Lipinski definition) is 4. The molecule has 1 aliphatic heterocycles. The molecule has 1 aliphatic carbocycles.